The largest absolute Gasteiger partial charge is 0.353 e. The number of carbonyl (C=O) groups is 1. The average molecular weight is 236 g/mol. The van der Waals surface area contributed by atoms with Crippen molar-refractivity contribution in [2.24, 2.45) is 0 Å². The molecule has 1 saturated carbocycles. The van der Waals surface area contributed by atoms with Crippen LogP contribution in [0.1, 0.15) is 25.1 Å². The molecule has 0 saturated heterocycles. The van der Waals surface area contributed by atoms with Crippen molar-refractivity contribution >= 4 is 5.91 Å². The molecule has 2 N–H and O–H groups in total. The smallest absolute Gasteiger partial charge is 0.221 e. The molecule has 1 aromatic rings. The number of imidazole rings is 1. The molecular formula is C12H20N4O. The van der Waals surface area contributed by atoms with E-state index in [-0.39, 0.29) is 5.91 Å². The molecule has 0 radical (unpaired) electrons. The summed E-state index contributed by atoms with van der Waals surface area (Å²) in [7, 11) is 0. The predicted molar refractivity (Wildman–Crippen MR) is 65.6 cm³/mol. The van der Waals surface area contributed by atoms with Crippen LogP contribution in [-0.4, -0.2) is 34.6 Å². The van der Waals surface area contributed by atoms with Crippen molar-refractivity contribution in [1.82, 2.24) is 20.2 Å². The van der Waals surface area contributed by atoms with Crippen LogP contribution in [0.3, 0.4) is 0 Å². The summed E-state index contributed by atoms with van der Waals surface area (Å²) in [5, 5.41) is 6.24. The Balaban J connectivity index is 1.51. The summed E-state index contributed by atoms with van der Waals surface area (Å²) >= 11 is 0. The fourth-order valence-corrected chi connectivity index (χ4v) is 1.69. The third-order valence-electron chi connectivity index (χ3n) is 2.92. The summed E-state index contributed by atoms with van der Waals surface area (Å²) in [4.78, 5) is 15.5. The summed E-state index contributed by atoms with van der Waals surface area (Å²) in [5.74, 6) is 1.19. The fraction of sp³-hybridized carbons (Fsp3) is 0.667. The maximum absolute atomic E-state index is 11.4. The van der Waals surface area contributed by atoms with Crippen LogP contribution in [0.25, 0.3) is 0 Å². The number of carbonyl (C=O) groups excluding carboxylic acids is 1. The molecule has 0 aliphatic heterocycles. The molecule has 0 aromatic carbocycles. The molecule has 17 heavy (non-hydrogen) atoms. The lowest BCUT2D eigenvalue weighted by Crippen LogP contribution is -2.30. The van der Waals surface area contributed by atoms with Gasteiger partial charge in [-0.25, -0.2) is 4.98 Å². The van der Waals surface area contributed by atoms with Gasteiger partial charge < -0.3 is 15.2 Å². The van der Waals surface area contributed by atoms with Gasteiger partial charge >= 0.3 is 0 Å². The van der Waals surface area contributed by atoms with Crippen molar-refractivity contribution in [3.8, 4) is 0 Å². The SMILES string of the molecule is Cc1nccn1CCNCCC(=O)NC1CC1. The quantitative estimate of drug-likeness (QED) is 0.676. The standard InChI is InChI=1S/C12H20N4O/c1-10-14-7-9-16(10)8-6-13-5-4-12(17)15-11-2-3-11/h7,9,11,13H,2-6,8H2,1H3,(H,15,17). The van der Waals surface area contributed by atoms with Crippen LogP contribution in [0.2, 0.25) is 0 Å². The summed E-state index contributed by atoms with van der Waals surface area (Å²) in [6.45, 7) is 4.50. The number of aromatic nitrogens is 2. The molecule has 1 aliphatic rings. The van der Waals surface area contributed by atoms with Gasteiger partial charge in [0.1, 0.15) is 5.82 Å². The Morgan fingerprint density at radius 3 is 3.00 bits per heavy atom. The Morgan fingerprint density at radius 2 is 2.35 bits per heavy atom. The number of aryl methyl sites for hydroxylation is 1. The Hall–Kier alpha value is -1.36. The van der Waals surface area contributed by atoms with Gasteiger partial charge in [0.15, 0.2) is 0 Å². The molecular weight excluding hydrogens is 216 g/mol. The van der Waals surface area contributed by atoms with E-state index < -0.39 is 0 Å². The first-order valence-electron chi connectivity index (χ1n) is 6.23. The molecule has 5 nitrogen and oxygen atoms in total. The zero-order valence-corrected chi connectivity index (χ0v) is 10.3. The Kier molecular flexibility index (Phi) is 4.14. The second kappa shape index (κ2) is 5.82. The second-order valence-corrected chi connectivity index (χ2v) is 4.51. The Morgan fingerprint density at radius 1 is 1.53 bits per heavy atom. The second-order valence-electron chi connectivity index (χ2n) is 4.51. The van der Waals surface area contributed by atoms with E-state index in [0.29, 0.717) is 12.5 Å². The monoisotopic (exact) mass is 236 g/mol. The van der Waals surface area contributed by atoms with Gasteiger partial charge in [-0.2, -0.15) is 0 Å². The number of rotatable bonds is 7. The van der Waals surface area contributed by atoms with Gasteiger partial charge in [0.25, 0.3) is 0 Å². The van der Waals surface area contributed by atoms with Gasteiger partial charge in [0.05, 0.1) is 0 Å². The Bertz CT molecular complexity index is 370. The van der Waals surface area contributed by atoms with Crippen LogP contribution in [-0.2, 0) is 11.3 Å². The highest BCUT2D eigenvalue weighted by Gasteiger charge is 2.22. The van der Waals surface area contributed by atoms with Gasteiger partial charge in [-0.1, -0.05) is 0 Å². The van der Waals surface area contributed by atoms with Gasteiger partial charge in [0, 0.05) is 44.5 Å². The zero-order chi connectivity index (χ0) is 12.1. The number of nitrogens with one attached hydrogen (secondary N) is 2. The maximum Gasteiger partial charge on any atom is 0.221 e. The minimum atomic E-state index is 0.166. The van der Waals surface area contributed by atoms with Crippen LogP contribution >= 0.6 is 0 Å². The predicted octanol–water partition coefficient (Wildman–Crippen LogP) is 0.450. The van der Waals surface area contributed by atoms with E-state index in [9.17, 15) is 4.79 Å². The van der Waals surface area contributed by atoms with Gasteiger partial charge in [0.2, 0.25) is 5.91 Å². The van der Waals surface area contributed by atoms with E-state index in [0.717, 1.165) is 38.3 Å². The van der Waals surface area contributed by atoms with E-state index >= 15 is 0 Å². The van der Waals surface area contributed by atoms with E-state index in [1.54, 1.807) is 6.20 Å². The first-order valence-corrected chi connectivity index (χ1v) is 6.23. The highest BCUT2D eigenvalue weighted by Crippen LogP contribution is 2.18. The number of amides is 1. The molecule has 1 aliphatic carbocycles. The van der Waals surface area contributed by atoms with Crippen LogP contribution in [0, 0.1) is 6.92 Å². The molecule has 1 heterocycles. The molecule has 5 heteroatoms. The van der Waals surface area contributed by atoms with E-state index in [1.807, 2.05) is 13.1 Å². The molecule has 1 aromatic heterocycles. The third kappa shape index (κ3) is 4.19. The van der Waals surface area contributed by atoms with Crippen LogP contribution in [0.5, 0.6) is 0 Å². The Labute approximate surface area is 102 Å². The van der Waals surface area contributed by atoms with Gasteiger partial charge in [-0.15, -0.1) is 0 Å². The first-order chi connectivity index (χ1) is 8.25. The third-order valence-corrected chi connectivity index (χ3v) is 2.92. The van der Waals surface area contributed by atoms with E-state index in [4.69, 9.17) is 0 Å². The summed E-state index contributed by atoms with van der Waals surface area (Å²) in [6, 6.07) is 0.469. The van der Waals surface area contributed by atoms with Gasteiger partial charge in [-0.3, -0.25) is 4.79 Å². The number of nitrogens with zero attached hydrogens (tertiary/aromatic N) is 2. The fourth-order valence-electron chi connectivity index (χ4n) is 1.69. The van der Waals surface area contributed by atoms with Crippen LogP contribution in [0.4, 0.5) is 0 Å². The summed E-state index contributed by atoms with van der Waals surface area (Å²) in [6.07, 6.45) is 6.65. The topological polar surface area (TPSA) is 59.0 Å². The van der Waals surface area contributed by atoms with Crippen molar-refractivity contribution in [3.05, 3.63) is 18.2 Å². The van der Waals surface area contributed by atoms with Crippen molar-refractivity contribution in [2.75, 3.05) is 13.1 Å². The molecule has 94 valence electrons. The molecule has 1 fully saturated rings. The lowest BCUT2D eigenvalue weighted by Gasteiger charge is -2.07. The summed E-state index contributed by atoms with van der Waals surface area (Å²) < 4.78 is 2.09. The maximum atomic E-state index is 11.4. The minimum Gasteiger partial charge on any atom is -0.353 e. The van der Waals surface area contributed by atoms with Crippen LogP contribution in [0.15, 0.2) is 12.4 Å². The summed E-state index contributed by atoms with van der Waals surface area (Å²) in [5.41, 5.74) is 0. The molecule has 0 atom stereocenters. The zero-order valence-electron chi connectivity index (χ0n) is 10.3. The van der Waals surface area contributed by atoms with E-state index in [2.05, 4.69) is 20.2 Å². The molecule has 2 rings (SSSR count). The lowest BCUT2D eigenvalue weighted by molar-refractivity contribution is -0.121. The van der Waals surface area contributed by atoms with Crippen molar-refractivity contribution in [3.63, 3.8) is 0 Å². The van der Waals surface area contributed by atoms with Crippen molar-refractivity contribution in [2.45, 2.75) is 38.8 Å². The average Bonchev–Trinajstić information content (AvgIpc) is 3.01. The molecule has 0 spiro atoms. The highest BCUT2D eigenvalue weighted by atomic mass is 16.1. The van der Waals surface area contributed by atoms with Crippen molar-refractivity contribution in [1.29, 1.82) is 0 Å². The molecule has 1 amide bonds. The highest BCUT2D eigenvalue weighted by molar-refractivity contribution is 5.76. The molecule has 0 bridgehead atoms. The minimum absolute atomic E-state index is 0.166. The van der Waals surface area contributed by atoms with Crippen molar-refractivity contribution < 1.29 is 4.79 Å². The number of hydrogen-bond donors (Lipinski definition) is 2. The lowest BCUT2D eigenvalue weighted by atomic mass is 10.4. The van der Waals surface area contributed by atoms with Crippen LogP contribution < -0.4 is 10.6 Å². The number of hydrogen-bond acceptors (Lipinski definition) is 3. The van der Waals surface area contributed by atoms with Gasteiger partial charge in [-0.05, 0) is 19.8 Å². The van der Waals surface area contributed by atoms with E-state index in [1.165, 1.54) is 0 Å². The normalized spacial score (nSPS) is 14.9. The molecule has 0 unspecified atom stereocenters. The first kappa shape index (κ1) is 12.1.